The smallest absolute Gasteiger partial charge is 0.254 e. The number of carbonyl (C=O) groups is 1. The van der Waals surface area contributed by atoms with Crippen molar-refractivity contribution < 1.29 is 4.79 Å². The fraction of sp³-hybridized carbons (Fsp3) is 0.133. The quantitative estimate of drug-likeness (QED) is 0.802. The van der Waals surface area contributed by atoms with Crippen LogP contribution < -0.4 is 11.1 Å². The number of rotatable bonds is 3. The molecule has 2 rings (SSSR count). The van der Waals surface area contributed by atoms with Gasteiger partial charge in [-0.25, -0.2) is 9.97 Å². The Labute approximate surface area is 117 Å². The third kappa shape index (κ3) is 3.90. The van der Waals surface area contributed by atoms with E-state index in [4.69, 9.17) is 5.73 Å². The summed E-state index contributed by atoms with van der Waals surface area (Å²) in [4.78, 5) is 19.5. The van der Waals surface area contributed by atoms with Crippen molar-refractivity contribution in [3.8, 4) is 11.8 Å². The first-order valence-electron chi connectivity index (χ1n) is 6.10. The van der Waals surface area contributed by atoms with Crippen LogP contribution in [0.1, 0.15) is 21.5 Å². The van der Waals surface area contributed by atoms with Gasteiger partial charge >= 0.3 is 0 Å². The van der Waals surface area contributed by atoms with Gasteiger partial charge < -0.3 is 11.1 Å². The highest BCUT2D eigenvalue weighted by Gasteiger charge is 2.05. The highest BCUT2D eigenvalue weighted by Crippen LogP contribution is 2.04. The van der Waals surface area contributed by atoms with E-state index >= 15 is 0 Å². The second kappa shape index (κ2) is 7.02. The van der Waals surface area contributed by atoms with Crippen LogP contribution >= 0.6 is 0 Å². The van der Waals surface area contributed by atoms with Crippen LogP contribution in [0.25, 0.3) is 0 Å². The summed E-state index contributed by atoms with van der Waals surface area (Å²) in [6.07, 6.45) is 4.34. The molecular weight excluding hydrogens is 252 g/mol. The predicted octanol–water partition coefficient (Wildman–Crippen LogP) is 0.717. The second-order valence-electron chi connectivity index (χ2n) is 4.02. The van der Waals surface area contributed by atoms with Gasteiger partial charge in [-0.1, -0.05) is 24.0 Å². The summed E-state index contributed by atoms with van der Waals surface area (Å²) in [5, 5.41) is 2.81. The Hall–Kier alpha value is -2.71. The molecule has 3 N–H and O–H groups in total. The molecule has 0 bridgehead atoms. The summed E-state index contributed by atoms with van der Waals surface area (Å²) in [5.41, 5.74) is 7.62. The van der Waals surface area contributed by atoms with Gasteiger partial charge in [-0.05, 0) is 17.7 Å². The van der Waals surface area contributed by atoms with E-state index in [2.05, 4.69) is 27.1 Å². The molecule has 1 heterocycles. The third-order valence-electron chi connectivity index (χ3n) is 2.54. The van der Waals surface area contributed by atoms with E-state index in [0.717, 1.165) is 11.1 Å². The lowest BCUT2D eigenvalue weighted by Gasteiger charge is -2.05. The number of nitrogens with one attached hydrogen (secondary N) is 1. The Kier molecular flexibility index (Phi) is 4.81. The highest BCUT2D eigenvalue weighted by atomic mass is 16.1. The average molecular weight is 266 g/mol. The van der Waals surface area contributed by atoms with Crippen molar-refractivity contribution in [1.29, 1.82) is 0 Å². The molecule has 0 radical (unpaired) electrons. The van der Waals surface area contributed by atoms with Crippen molar-refractivity contribution in [3.05, 3.63) is 59.7 Å². The highest BCUT2D eigenvalue weighted by molar-refractivity contribution is 5.93. The monoisotopic (exact) mass is 266 g/mol. The van der Waals surface area contributed by atoms with Gasteiger partial charge in [0, 0.05) is 24.5 Å². The molecule has 0 atom stereocenters. The van der Waals surface area contributed by atoms with Gasteiger partial charge in [0.1, 0.15) is 6.33 Å². The molecule has 0 aliphatic heterocycles. The van der Waals surface area contributed by atoms with Crippen LogP contribution in [0.4, 0.5) is 0 Å². The fourth-order valence-corrected chi connectivity index (χ4v) is 1.61. The lowest BCUT2D eigenvalue weighted by molar-refractivity contribution is 0.0950. The number of nitrogens with zero attached hydrogens (tertiary/aromatic N) is 2. The van der Waals surface area contributed by atoms with E-state index in [1.807, 2.05) is 24.3 Å². The molecule has 5 heteroatoms. The number of amides is 1. The van der Waals surface area contributed by atoms with Crippen molar-refractivity contribution in [2.24, 2.45) is 5.73 Å². The van der Waals surface area contributed by atoms with Gasteiger partial charge in [0.2, 0.25) is 0 Å². The molecule has 0 saturated heterocycles. The number of benzene rings is 1. The summed E-state index contributed by atoms with van der Waals surface area (Å²) in [7, 11) is 0. The summed E-state index contributed by atoms with van der Waals surface area (Å²) in [5.74, 6) is 5.55. The topological polar surface area (TPSA) is 80.9 Å². The van der Waals surface area contributed by atoms with Gasteiger partial charge in [-0.2, -0.15) is 0 Å². The molecule has 5 nitrogen and oxygen atoms in total. The molecule has 1 amide bonds. The van der Waals surface area contributed by atoms with Gasteiger partial charge in [0.15, 0.2) is 0 Å². The number of hydrogen-bond acceptors (Lipinski definition) is 4. The van der Waals surface area contributed by atoms with Crippen molar-refractivity contribution in [2.75, 3.05) is 6.54 Å². The molecule has 1 aromatic heterocycles. The maximum Gasteiger partial charge on any atom is 0.254 e. The van der Waals surface area contributed by atoms with Crippen molar-refractivity contribution in [2.45, 2.75) is 6.54 Å². The van der Waals surface area contributed by atoms with Gasteiger partial charge in [-0.15, -0.1) is 0 Å². The number of aromatic nitrogens is 2. The summed E-state index contributed by atoms with van der Waals surface area (Å²) >= 11 is 0. The van der Waals surface area contributed by atoms with Crippen molar-refractivity contribution in [3.63, 3.8) is 0 Å². The van der Waals surface area contributed by atoms with Gasteiger partial charge in [-0.3, -0.25) is 4.79 Å². The van der Waals surface area contributed by atoms with E-state index in [1.165, 1.54) is 18.7 Å². The summed E-state index contributed by atoms with van der Waals surface area (Å²) < 4.78 is 0. The Morgan fingerprint density at radius 2 is 2.10 bits per heavy atom. The van der Waals surface area contributed by atoms with Crippen molar-refractivity contribution in [1.82, 2.24) is 15.3 Å². The lowest BCUT2D eigenvalue weighted by Crippen LogP contribution is -2.23. The summed E-state index contributed by atoms with van der Waals surface area (Å²) in [6, 6.07) is 7.65. The Morgan fingerprint density at radius 3 is 2.85 bits per heavy atom. The molecule has 0 aliphatic carbocycles. The van der Waals surface area contributed by atoms with E-state index in [0.29, 0.717) is 18.7 Å². The molecular formula is C15H14N4O. The second-order valence-corrected chi connectivity index (χ2v) is 4.02. The molecule has 0 fully saturated rings. The Balaban J connectivity index is 1.99. The van der Waals surface area contributed by atoms with Gasteiger partial charge in [0.05, 0.1) is 12.1 Å². The maximum atomic E-state index is 11.8. The SMILES string of the molecule is NCC#Cc1cccc(CNC(=O)c2cncnc2)c1. The maximum absolute atomic E-state index is 11.8. The van der Waals surface area contributed by atoms with E-state index in [1.54, 1.807) is 0 Å². The molecule has 0 spiro atoms. The van der Waals surface area contributed by atoms with Crippen LogP contribution in [0, 0.1) is 11.8 Å². The van der Waals surface area contributed by atoms with Crippen molar-refractivity contribution >= 4 is 5.91 Å². The van der Waals surface area contributed by atoms with Crippen LogP contribution in [-0.2, 0) is 6.54 Å². The average Bonchev–Trinajstić information content (AvgIpc) is 2.52. The summed E-state index contributed by atoms with van der Waals surface area (Å²) in [6.45, 7) is 0.751. The molecule has 0 unspecified atom stereocenters. The van der Waals surface area contributed by atoms with Crippen LogP contribution in [-0.4, -0.2) is 22.4 Å². The van der Waals surface area contributed by atoms with Crippen LogP contribution in [0.15, 0.2) is 43.0 Å². The fourth-order valence-electron chi connectivity index (χ4n) is 1.61. The predicted molar refractivity (Wildman–Crippen MR) is 75.6 cm³/mol. The minimum Gasteiger partial charge on any atom is -0.348 e. The zero-order valence-corrected chi connectivity index (χ0v) is 10.8. The first kappa shape index (κ1) is 13.7. The molecule has 1 aromatic carbocycles. The van der Waals surface area contributed by atoms with E-state index in [-0.39, 0.29) is 5.91 Å². The molecule has 0 aliphatic rings. The minimum absolute atomic E-state index is 0.205. The lowest BCUT2D eigenvalue weighted by atomic mass is 10.1. The van der Waals surface area contributed by atoms with Crippen LogP contribution in [0.5, 0.6) is 0 Å². The first-order valence-corrected chi connectivity index (χ1v) is 6.10. The van der Waals surface area contributed by atoms with Gasteiger partial charge in [0.25, 0.3) is 5.91 Å². The van der Waals surface area contributed by atoms with E-state index in [9.17, 15) is 4.79 Å². The molecule has 20 heavy (non-hydrogen) atoms. The molecule has 2 aromatic rings. The molecule has 0 saturated carbocycles. The first-order chi connectivity index (χ1) is 9.79. The Bertz CT molecular complexity index is 644. The van der Waals surface area contributed by atoms with E-state index < -0.39 is 0 Å². The molecule has 100 valence electrons. The zero-order valence-electron chi connectivity index (χ0n) is 10.8. The number of hydrogen-bond donors (Lipinski definition) is 2. The largest absolute Gasteiger partial charge is 0.348 e. The standard InChI is InChI=1S/C15H14N4O/c16-6-2-5-12-3-1-4-13(7-12)8-19-15(20)14-9-17-11-18-10-14/h1,3-4,7,9-11H,6,8,16H2,(H,19,20). The number of carbonyl (C=O) groups excluding carboxylic acids is 1. The zero-order chi connectivity index (χ0) is 14.2. The number of nitrogens with two attached hydrogens (primary N) is 1. The van der Waals surface area contributed by atoms with Crippen LogP contribution in [0.3, 0.4) is 0 Å². The third-order valence-corrected chi connectivity index (χ3v) is 2.54. The Morgan fingerprint density at radius 1 is 1.30 bits per heavy atom. The minimum atomic E-state index is -0.205. The normalized spacial score (nSPS) is 9.45. The van der Waals surface area contributed by atoms with Crippen LogP contribution in [0.2, 0.25) is 0 Å².